The monoisotopic (exact) mass is 176 g/mol. The molecule has 2 rings (SSSR count). The lowest BCUT2D eigenvalue weighted by atomic mass is 10.0. The second-order valence-electron chi connectivity index (χ2n) is 3.67. The number of nitriles is 1. The molecule has 1 aromatic heterocycles. The van der Waals surface area contributed by atoms with E-state index in [0.717, 1.165) is 12.1 Å². The van der Waals surface area contributed by atoms with Gasteiger partial charge in [0.05, 0.1) is 6.07 Å². The minimum atomic E-state index is -0.410. The first kappa shape index (κ1) is 8.33. The SMILES string of the molecule is Cn1cccc1[C@]1(C#N)C[C@@H]1CO. The van der Waals surface area contributed by atoms with Crippen molar-refractivity contribution in [1.82, 2.24) is 4.57 Å². The number of aliphatic hydroxyl groups excluding tert-OH is 1. The zero-order valence-electron chi connectivity index (χ0n) is 7.57. The van der Waals surface area contributed by atoms with Crippen molar-refractivity contribution in [3.8, 4) is 6.07 Å². The van der Waals surface area contributed by atoms with Gasteiger partial charge in [0.2, 0.25) is 0 Å². The average Bonchev–Trinajstić information content (AvgIpc) is 2.73. The Balaban J connectivity index is 2.37. The van der Waals surface area contributed by atoms with Gasteiger partial charge in [0.1, 0.15) is 5.41 Å². The van der Waals surface area contributed by atoms with E-state index in [1.165, 1.54) is 0 Å². The Morgan fingerprint density at radius 1 is 1.85 bits per heavy atom. The molecule has 68 valence electrons. The van der Waals surface area contributed by atoms with Gasteiger partial charge in [-0.15, -0.1) is 0 Å². The number of rotatable bonds is 2. The number of hydrogen-bond donors (Lipinski definition) is 1. The quantitative estimate of drug-likeness (QED) is 0.724. The molecule has 0 saturated heterocycles. The summed E-state index contributed by atoms with van der Waals surface area (Å²) in [7, 11) is 1.93. The molecular weight excluding hydrogens is 164 g/mol. The van der Waals surface area contributed by atoms with E-state index in [1.54, 1.807) is 0 Å². The van der Waals surface area contributed by atoms with Crippen LogP contribution in [0.25, 0.3) is 0 Å². The van der Waals surface area contributed by atoms with Crippen molar-refractivity contribution in [1.29, 1.82) is 5.26 Å². The molecule has 1 aliphatic carbocycles. The lowest BCUT2D eigenvalue weighted by Gasteiger charge is -2.08. The van der Waals surface area contributed by atoms with Crippen LogP contribution in [0.3, 0.4) is 0 Å². The van der Waals surface area contributed by atoms with E-state index in [-0.39, 0.29) is 12.5 Å². The molecule has 0 aliphatic heterocycles. The Kier molecular flexibility index (Phi) is 1.67. The molecule has 0 spiro atoms. The summed E-state index contributed by atoms with van der Waals surface area (Å²) >= 11 is 0. The van der Waals surface area contributed by atoms with Gasteiger partial charge in [-0.05, 0) is 18.6 Å². The predicted octanol–water partition coefficient (Wildman–Crippen LogP) is 0.799. The first-order chi connectivity index (χ1) is 6.24. The summed E-state index contributed by atoms with van der Waals surface area (Å²) < 4.78 is 1.96. The lowest BCUT2D eigenvalue weighted by Crippen LogP contribution is -2.13. The molecule has 1 aliphatic rings. The molecule has 0 aromatic carbocycles. The Morgan fingerprint density at radius 2 is 2.62 bits per heavy atom. The van der Waals surface area contributed by atoms with Gasteiger partial charge in [-0.1, -0.05) is 0 Å². The van der Waals surface area contributed by atoms with Gasteiger partial charge in [-0.3, -0.25) is 0 Å². The second kappa shape index (κ2) is 2.61. The van der Waals surface area contributed by atoms with Gasteiger partial charge in [-0.25, -0.2) is 0 Å². The number of aromatic nitrogens is 1. The van der Waals surface area contributed by atoms with Crippen molar-refractivity contribution >= 4 is 0 Å². The van der Waals surface area contributed by atoms with Gasteiger partial charge in [-0.2, -0.15) is 5.26 Å². The fourth-order valence-corrected chi connectivity index (χ4v) is 1.98. The molecule has 1 N–H and O–H groups in total. The number of hydrogen-bond acceptors (Lipinski definition) is 2. The molecule has 13 heavy (non-hydrogen) atoms. The van der Waals surface area contributed by atoms with Crippen LogP contribution in [0, 0.1) is 17.2 Å². The molecule has 0 bridgehead atoms. The lowest BCUT2D eigenvalue weighted by molar-refractivity contribution is 0.268. The summed E-state index contributed by atoms with van der Waals surface area (Å²) in [4.78, 5) is 0. The van der Waals surface area contributed by atoms with E-state index in [2.05, 4.69) is 6.07 Å². The van der Waals surface area contributed by atoms with Gasteiger partial charge >= 0.3 is 0 Å². The molecule has 3 heteroatoms. The minimum Gasteiger partial charge on any atom is -0.396 e. The number of aryl methyl sites for hydroxylation is 1. The molecular formula is C10H12N2O. The van der Waals surface area contributed by atoms with Crippen LogP contribution in [0.1, 0.15) is 12.1 Å². The van der Waals surface area contributed by atoms with Crippen molar-refractivity contribution in [3.05, 3.63) is 24.0 Å². The highest BCUT2D eigenvalue weighted by Crippen LogP contribution is 2.53. The van der Waals surface area contributed by atoms with E-state index in [4.69, 9.17) is 10.4 Å². The van der Waals surface area contributed by atoms with E-state index in [1.807, 2.05) is 29.9 Å². The maximum atomic E-state index is 9.08. The fourth-order valence-electron chi connectivity index (χ4n) is 1.98. The predicted molar refractivity (Wildman–Crippen MR) is 47.9 cm³/mol. The number of nitrogens with zero attached hydrogens (tertiary/aromatic N) is 2. The smallest absolute Gasteiger partial charge is 0.103 e. The largest absolute Gasteiger partial charge is 0.396 e. The topological polar surface area (TPSA) is 49.0 Å². The van der Waals surface area contributed by atoms with Gasteiger partial charge in [0.25, 0.3) is 0 Å². The molecule has 0 amide bonds. The first-order valence-corrected chi connectivity index (χ1v) is 4.38. The van der Waals surface area contributed by atoms with Crippen LogP contribution in [0.2, 0.25) is 0 Å². The maximum absolute atomic E-state index is 9.08. The summed E-state index contributed by atoms with van der Waals surface area (Å²) in [6.45, 7) is 0.110. The summed E-state index contributed by atoms with van der Waals surface area (Å²) in [5, 5.41) is 18.1. The van der Waals surface area contributed by atoms with Crippen molar-refractivity contribution in [2.45, 2.75) is 11.8 Å². The molecule has 1 saturated carbocycles. The Morgan fingerprint density at radius 3 is 3.00 bits per heavy atom. The van der Waals surface area contributed by atoms with E-state index in [0.29, 0.717) is 0 Å². The van der Waals surface area contributed by atoms with Crippen molar-refractivity contribution in [2.24, 2.45) is 13.0 Å². The third-order valence-electron chi connectivity index (χ3n) is 2.93. The Hall–Kier alpha value is -1.27. The molecule has 1 heterocycles. The zero-order valence-corrected chi connectivity index (χ0v) is 7.57. The zero-order chi connectivity index (χ0) is 9.47. The van der Waals surface area contributed by atoms with Crippen LogP contribution < -0.4 is 0 Å². The summed E-state index contributed by atoms with van der Waals surface area (Å²) in [6, 6.07) is 6.20. The highest BCUT2D eigenvalue weighted by atomic mass is 16.3. The Labute approximate surface area is 77.2 Å². The summed E-state index contributed by atoms with van der Waals surface area (Å²) in [6.07, 6.45) is 2.72. The molecule has 0 radical (unpaired) electrons. The van der Waals surface area contributed by atoms with Gasteiger partial charge in [0.15, 0.2) is 0 Å². The van der Waals surface area contributed by atoms with Crippen LogP contribution in [-0.2, 0) is 12.5 Å². The molecule has 3 nitrogen and oxygen atoms in total. The van der Waals surface area contributed by atoms with Crippen molar-refractivity contribution in [2.75, 3.05) is 6.61 Å². The average molecular weight is 176 g/mol. The highest BCUT2D eigenvalue weighted by molar-refractivity contribution is 5.38. The van der Waals surface area contributed by atoms with E-state index >= 15 is 0 Å². The normalized spacial score (nSPS) is 31.3. The van der Waals surface area contributed by atoms with E-state index in [9.17, 15) is 0 Å². The third kappa shape index (κ3) is 0.991. The van der Waals surface area contributed by atoms with Crippen LogP contribution in [0.4, 0.5) is 0 Å². The van der Waals surface area contributed by atoms with Crippen LogP contribution in [0.15, 0.2) is 18.3 Å². The van der Waals surface area contributed by atoms with Crippen LogP contribution >= 0.6 is 0 Å². The summed E-state index contributed by atoms with van der Waals surface area (Å²) in [5.74, 6) is 0.131. The van der Waals surface area contributed by atoms with Gasteiger partial charge in [0, 0.05) is 31.5 Å². The fraction of sp³-hybridized carbons (Fsp3) is 0.500. The second-order valence-corrected chi connectivity index (χ2v) is 3.67. The standard InChI is InChI=1S/C10H12N2O/c1-12-4-2-3-9(12)10(7-11)5-8(10)6-13/h2-4,8,13H,5-6H2,1H3/t8-,10+/m1/s1. The third-order valence-corrected chi connectivity index (χ3v) is 2.93. The molecule has 0 unspecified atom stereocenters. The molecule has 1 fully saturated rings. The van der Waals surface area contributed by atoms with Gasteiger partial charge < -0.3 is 9.67 Å². The van der Waals surface area contributed by atoms with Crippen molar-refractivity contribution in [3.63, 3.8) is 0 Å². The van der Waals surface area contributed by atoms with Crippen molar-refractivity contribution < 1.29 is 5.11 Å². The summed E-state index contributed by atoms with van der Waals surface area (Å²) in [5.41, 5.74) is 0.613. The highest BCUT2D eigenvalue weighted by Gasteiger charge is 2.57. The number of aliphatic hydroxyl groups is 1. The first-order valence-electron chi connectivity index (χ1n) is 4.38. The van der Waals surface area contributed by atoms with Crippen LogP contribution in [0.5, 0.6) is 0 Å². The molecule has 1 aromatic rings. The Bertz CT molecular complexity index is 363. The van der Waals surface area contributed by atoms with Crippen LogP contribution in [-0.4, -0.2) is 16.3 Å². The maximum Gasteiger partial charge on any atom is 0.103 e. The van der Waals surface area contributed by atoms with E-state index < -0.39 is 5.41 Å². The minimum absolute atomic E-state index is 0.110. The molecule has 2 atom stereocenters.